The number of hydrogen-bond donors (Lipinski definition) is 2. The molecule has 5 heteroatoms. The van der Waals surface area contributed by atoms with Gasteiger partial charge in [-0.15, -0.1) is 0 Å². The Kier molecular flexibility index (Phi) is 6.05. The zero-order valence-corrected chi connectivity index (χ0v) is 12.1. The summed E-state index contributed by atoms with van der Waals surface area (Å²) in [5.74, 6) is 5.92. The Bertz CT molecular complexity index is 405. The summed E-state index contributed by atoms with van der Waals surface area (Å²) in [6.45, 7) is 0. The second-order valence-electron chi connectivity index (χ2n) is 5.64. The Morgan fingerprint density at radius 2 is 1.65 bits per heavy atom. The van der Waals surface area contributed by atoms with Crippen molar-refractivity contribution < 1.29 is 9.21 Å². The number of aromatic nitrogens is 1. The summed E-state index contributed by atoms with van der Waals surface area (Å²) >= 11 is 0. The first-order chi connectivity index (χ1) is 9.81. The van der Waals surface area contributed by atoms with Gasteiger partial charge in [0.05, 0.1) is 6.20 Å². The van der Waals surface area contributed by atoms with Crippen molar-refractivity contribution in [3.63, 3.8) is 0 Å². The Hall–Kier alpha value is -1.36. The minimum Gasteiger partial charge on any atom is -0.437 e. The third-order valence-electron chi connectivity index (χ3n) is 4.11. The summed E-state index contributed by atoms with van der Waals surface area (Å²) in [6, 6.07) is 0. The molecule has 112 valence electrons. The SMILES string of the molecule is NNC(=O)c1ncc(C2CCCCCCCCCC2)o1. The van der Waals surface area contributed by atoms with E-state index in [1.165, 1.54) is 51.4 Å². The third kappa shape index (κ3) is 4.34. The van der Waals surface area contributed by atoms with E-state index < -0.39 is 5.91 Å². The van der Waals surface area contributed by atoms with Gasteiger partial charge in [-0.1, -0.05) is 51.4 Å². The minimum atomic E-state index is -0.465. The highest BCUT2D eigenvalue weighted by molar-refractivity contribution is 5.88. The first-order valence-electron chi connectivity index (χ1n) is 7.78. The molecule has 1 heterocycles. The summed E-state index contributed by atoms with van der Waals surface area (Å²) in [4.78, 5) is 15.4. The van der Waals surface area contributed by atoms with E-state index >= 15 is 0 Å². The Morgan fingerprint density at radius 3 is 2.20 bits per heavy atom. The highest BCUT2D eigenvalue weighted by Crippen LogP contribution is 2.30. The van der Waals surface area contributed by atoms with Gasteiger partial charge in [0.2, 0.25) is 0 Å². The van der Waals surface area contributed by atoms with Gasteiger partial charge in [-0.05, 0) is 12.8 Å². The first-order valence-corrected chi connectivity index (χ1v) is 7.78. The van der Waals surface area contributed by atoms with Crippen LogP contribution in [0.3, 0.4) is 0 Å². The molecule has 3 N–H and O–H groups in total. The van der Waals surface area contributed by atoms with Crippen LogP contribution in [0.15, 0.2) is 10.6 Å². The van der Waals surface area contributed by atoms with Crippen molar-refractivity contribution in [3.05, 3.63) is 17.8 Å². The Balaban J connectivity index is 1.99. The fourth-order valence-electron chi connectivity index (χ4n) is 2.91. The third-order valence-corrected chi connectivity index (χ3v) is 4.11. The van der Waals surface area contributed by atoms with Crippen LogP contribution < -0.4 is 11.3 Å². The number of hydrogen-bond acceptors (Lipinski definition) is 4. The Labute approximate surface area is 120 Å². The van der Waals surface area contributed by atoms with E-state index in [9.17, 15) is 4.79 Å². The smallest absolute Gasteiger partial charge is 0.320 e. The van der Waals surface area contributed by atoms with Gasteiger partial charge in [0, 0.05) is 5.92 Å². The van der Waals surface area contributed by atoms with Crippen LogP contribution in [0.1, 0.15) is 86.6 Å². The number of oxazole rings is 1. The first kappa shape index (κ1) is 15.0. The summed E-state index contributed by atoms with van der Waals surface area (Å²) in [7, 11) is 0. The highest BCUT2D eigenvalue weighted by atomic mass is 16.4. The summed E-state index contributed by atoms with van der Waals surface area (Å²) in [5.41, 5.74) is 2.05. The Morgan fingerprint density at radius 1 is 1.10 bits per heavy atom. The second-order valence-corrected chi connectivity index (χ2v) is 5.64. The predicted molar refractivity (Wildman–Crippen MR) is 77.1 cm³/mol. The van der Waals surface area contributed by atoms with Crippen LogP contribution in [0, 0.1) is 0 Å². The van der Waals surface area contributed by atoms with Crippen LogP contribution in [0.25, 0.3) is 0 Å². The number of nitrogens with two attached hydrogens (primary N) is 1. The highest BCUT2D eigenvalue weighted by Gasteiger charge is 2.19. The van der Waals surface area contributed by atoms with E-state index in [0.29, 0.717) is 5.92 Å². The van der Waals surface area contributed by atoms with Gasteiger partial charge in [-0.3, -0.25) is 10.2 Å². The lowest BCUT2D eigenvalue weighted by Crippen LogP contribution is -2.30. The van der Waals surface area contributed by atoms with Crippen molar-refractivity contribution in [2.75, 3.05) is 0 Å². The van der Waals surface area contributed by atoms with E-state index in [0.717, 1.165) is 18.6 Å². The number of carbonyl (C=O) groups excluding carboxylic acids is 1. The molecule has 1 aromatic heterocycles. The van der Waals surface area contributed by atoms with Crippen LogP contribution in [-0.4, -0.2) is 10.9 Å². The molecule has 0 radical (unpaired) electrons. The van der Waals surface area contributed by atoms with Gasteiger partial charge >= 0.3 is 5.91 Å². The topological polar surface area (TPSA) is 81.1 Å². The number of nitrogens with zero attached hydrogens (tertiary/aromatic N) is 1. The fraction of sp³-hybridized carbons (Fsp3) is 0.733. The van der Waals surface area contributed by atoms with Gasteiger partial charge in [-0.25, -0.2) is 10.8 Å². The van der Waals surface area contributed by atoms with Crippen LogP contribution in [0.2, 0.25) is 0 Å². The van der Waals surface area contributed by atoms with Crippen molar-refractivity contribution in [2.45, 2.75) is 70.1 Å². The zero-order chi connectivity index (χ0) is 14.2. The monoisotopic (exact) mass is 279 g/mol. The fourth-order valence-corrected chi connectivity index (χ4v) is 2.91. The summed E-state index contributed by atoms with van der Waals surface area (Å²) in [5, 5.41) is 0. The average Bonchev–Trinajstić information content (AvgIpc) is 2.93. The van der Waals surface area contributed by atoms with Crippen LogP contribution in [-0.2, 0) is 0 Å². The van der Waals surface area contributed by atoms with E-state index in [-0.39, 0.29) is 5.89 Å². The quantitative estimate of drug-likeness (QED) is 0.494. The minimum absolute atomic E-state index is 0.0665. The average molecular weight is 279 g/mol. The maximum atomic E-state index is 11.4. The number of rotatable bonds is 2. The molecule has 0 aromatic carbocycles. The largest absolute Gasteiger partial charge is 0.437 e. The predicted octanol–water partition coefficient (Wildman–Crippen LogP) is 3.28. The normalized spacial score (nSPS) is 19.2. The van der Waals surface area contributed by atoms with Crippen LogP contribution in [0.4, 0.5) is 0 Å². The molecular weight excluding hydrogens is 254 g/mol. The number of nitrogens with one attached hydrogen (secondary N) is 1. The molecule has 0 aliphatic heterocycles. The molecule has 2 rings (SSSR count). The second kappa shape index (κ2) is 8.04. The molecule has 1 fully saturated rings. The summed E-state index contributed by atoms with van der Waals surface area (Å²) < 4.78 is 5.57. The molecule has 5 nitrogen and oxygen atoms in total. The molecule has 0 spiro atoms. The maximum absolute atomic E-state index is 11.4. The summed E-state index contributed by atoms with van der Waals surface area (Å²) in [6.07, 6.45) is 14.4. The van der Waals surface area contributed by atoms with Crippen molar-refractivity contribution >= 4 is 5.91 Å². The lowest BCUT2D eigenvalue weighted by Gasteiger charge is -2.13. The molecule has 1 aromatic rings. The number of hydrazine groups is 1. The maximum Gasteiger partial charge on any atom is 0.320 e. The van der Waals surface area contributed by atoms with E-state index in [1.807, 2.05) is 0 Å². The molecule has 1 saturated carbocycles. The van der Waals surface area contributed by atoms with Crippen molar-refractivity contribution in [2.24, 2.45) is 5.84 Å². The van der Waals surface area contributed by atoms with Crippen LogP contribution in [0.5, 0.6) is 0 Å². The van der Waals surface area contributed by atoms with Crippen LogP contribution >= 0.6 is 0 Å². The molecular formula is C15H25N3O2. The van der Waals surface area contributed by atoms with E-state index in [4.69, 9.17) is 10.3 Å². The lowest BCUT2D eigenvalue weighted by atomic mass is 9.93. The standard InChI is InChI=1S/C15H25N3O2/c16-18-14(19)15-17-11-13(20-15)12-9-7-5-3-1-2-4-6-8-10-12/h11-12H,1-10,16H2,(H,18,19). The van der Waals surface area contributed by atoms with Gasteiger partial charge in [0.15, 0.2) is 0 Å². The molecule has 0 unspecified atom stereocenters. The number of amides is 1. The number of carbonyl (C=O) groups is 1. The zero-order valence-electron chi connectivity index (χ0n) is 12.1. The lowest BCUT2D eigenvalue weighted by molar-refractivity contribution is 0.0916. The van der Waals surface area contributed by atoms with Crippen molar-refractivity contribution in [1.29, 1.82) is 0 Å². The molecule has 0 saturated heterocycles. The molecule has 1 aliphatic carbocycles. The molecule has 0 bridgehead atoms. The van der Waals surface area contributed by atoms with Crippen molar-refractivity contribution in [1.82, 2.24) is 10.4 Å². The van der Waals surface area contributed by atoms with E-state index in [1.54, 1.807) is 6.20 Å². The molecule has 1 amide bonds. The molecule has 0 atom stereocenters. The van der Waals surface area contributed by atoms with Gasteiger partial charge in [0.25, 0.3) is 5.89 Å². The van der Waals surface area contributed by atoms with Gasteiger partial charge < -0.3 is 4.42 Å². The van der Waals surface area contributed by atoms with Gasteiger partial charge in [0.1, 0.15) is 5.76 Å². The molecule has 20 heavy (non-hydrogen) atoms. The van der Waals surface area contributed by atoms with Gasteiger partial charge in [-0.2, -0.15) is 0 Å². The van der Waals surface area contributed by atoms with Crippen molar-refractivity contribution in [3.8, 4) is 0 Å². The molecule has 1 aliphatic rings. The number of nitrogen functional groups attached to an aromatic ring is 1. The van der Waals surface area contributed by atoms with E-state index in [2.05, 4.69) is 10.4 Å².